The second-order valence-electron chi connectivity index (χ2n) is 14.0. The Morgan fingerprint density at radius 2 is 1.77 bits per heavy atom. The van der Waals surface area contributed by atoms with E-state index in [1.807, 2.05) is 6.08 Å². The summed E-state index contributed by atoms with van der Waals surface area (Å²) in [6.45, 7) is 8.22. The number of ether oxygens (including phenoxy) is 3. The van der Waals surface area contributed by atoms with Crippen molar-refractivity contribution in [1.29, 1.82) is 0 Å². The Hall–Kier alpha value is -2.07. The minimum Gasteiger partial charge on any atom is -0.450 e. The highest BCUT2D eigenvalue weighted by Crippen LogP contribution is 2.69. The van der Waals surface area contributed by atoms with Gasteiger partial charge in [0.05, 0.1) is 18.8 Å². The van der Waals surface area contributed by atoms with Gasteiger partial charge in [0.25, 0.3) is 0 Å². The number of carboxylic acid groups (broad SMARTS) is 1. The SMILES string of the molecule is CCCC1O[C@@H]2C[C@H]3[C@@H]4CCC5=CC(=O)C=C[C@]5(C)[C@H]4[C@@H](O)C[C@]3(C)[C@]2(C(=O)CO)O1.CCCCCCCCCOC(=O)O. The number of carbonyl (C=O) groups is 3. The van der Waals surface area contributed by atoms with Gasteiger partial charge in [-0.2, -0.15) is 0 Å². The van der Waals surface area contributed by atoms with Crippen LogP contribution in [0.5, 0.6) is 0 Å². The normalized spacial score (nSPS) is 38.4. The molecule has 3 saturated carbocycles. The monoisotopic (exact) mass is 618 g/mol. The van der Waals surface area contributed by atoms with Crippen molar-refractivity contribution in [2.45, 2.75) is 135 Å². The number of aliphatic hydroxyl groups excluding tert-OH is 2. The lowest BCUT2D eigenvalue weighted by Gasteiger charge is -2.59. The highest BCUT2D eigenvalue weighted by molar-refractivity contribution is 6.01. The number of Topliss-reactive ketones (excluding diaryl/α,β-unsaturated/α-hetero) is 1. The summed E-state index contributed by atoms with van der Waals surface area (Å²) < 4.78 is 17.1. The minimum atomic E-state index is -1.20. The molecule has 0 spiro atoms. The first kappa shape index (κ1) is 34.8. The number of fused-ring (bicyclic) bond motifs is 7. The highest BCUT2D eigenvalue weighted by atomic mass is 16.7. The smallest absolute Gasteiger partial charge is 0.450 e. The fraction of sp³-hybridized carbons (Fsp3) is 0.800. The third-order valence-electron chi connectivity index (χ3n) is 11.3. The van der Waals surface area contributed by atoms with E-state index in [9.17, 15) is 24.6 Å². The Bertz CT molecular complexity index is 1100. The number of aliphatic hydroxyl groups is 2. The third kappa shape index (κ3) is 6.44. The highest BCUT2D eigenvalue weighted by Gasteiger charge is 2.75. The van der Waals surface area contributed by atoms with E-state index in [1.54, 1.807) is 12.2 Å². The van der Waals surface area contributed by atoms with Gasteiger partial charge in [0.2, 0.25) is 0 Å². The zero-order chi connectivity index (χ0) is 32.1. The van der Waals surface area contributed by atoms with Gasteiger partial charge in [-0.3, -0.25) is 9.59 Å². The molecule has 1 heterocycles. The van der Waals surface area contributed by atoms with Crippen LogP contribution in [0.3, 0.4) is 0 Å². The van der Waals surface area contributed by atoms with Crippen molar-refractivity contribution in [3.05, 3.63) is 23.8 Å². The number of allylic oxidation sites excluding steroid dienone is 4. The summed E-state index contributed by atoms with van der Waals surface area (Å²) in [4.78, 5) is 35.2. The van der Waals surface area contributed by atoms with Crippen LogP contribution in [0.1, 0.15) is 111 Å². The van der Waals surface area contributed by atoms with Gasteiger partial charge in [0.15, 0.2) is 23.5 Å². The van der Waals surface area contributed by atoms with Crippen molar-refractivity contribution in [3.8, 4) is 0 Å². The van der Waals surface area contributed by atoms with Crippen LogP contribution in [0.15, 0.2) is 23.8 Å². The van der Waals surface area contributed by atoms with Crippen molar-refractivity contribution in [2.75, 3.05) is 13.2 Å². The standard InChI is InChI=1S/C25H34O6.C10H20O3/c1-4-5-21-30-20-11-17-16-7-6-14-10-15(27)8-9-23(14,2)22(16)18(28)12-24(17,3)25(20,31-21)19(29)13-26;1-2-3-4-5-6-7-8-9-13-10(11)12/h8-10,16-18,20-22,26,28H,4-7,11-13H2,1-3H3;2-9H2,1H3,(H,11,12)/t16-,17-,18-,20+,21?,22+,23-,24-,25+;/m0./s1. The van der Waals surface area contributed by atoms with Crippen molar-refractivity contribution in [2.24, 2.45) is 28.6 Å². The second-order valence-corrected chi connectivity index (χ2v) is 14.0. The van der Waals surface area contributed by atoms with E-state index >= 15 is 0 Å². The number of unbranched alkanes of at least 4 members (excludes halogenated alkanes) is 6. The van der Waals surface area contributed by atoms with Gasteiger partial charge >= 0.3 is 6.16 Å². The van der Waals surface area contributed by atoms with E-state index in [-0.39, 0.29) is 34.7 Å². The molecule has 4 aliphatic carbocycles. The maximum absolute atomic E-state index is 13.2. The Balaban J connectivity index is 0.000000289. The molecule has 0 aromatic carbocycles. The molecule has 0 bridgehead atoms. The lowest BCUT2D eigenvalue weighted by atomic mass is 9.46. The number of rotatable bonds is 12. The molecule has 0 aromatic heterocycles. The van der Waals surface area contributed by atoms with Gasteiger partial charge in [0.1, 0.15) is 6.61 Å². The van der Waals surface area contributed by atoms with Crippen LogP contribution in [0.25, 0.3) is 0 Å². The van der Waals surface area contributed by atoms with Gasteiger partial charge in [-0.05, 0) is 62.5 Å². The second kappa shape index (κ2) is 14.6. The van der Waals surface area contributed by atoms with Gasteiger partial charge in [-0.15, -0.1) is 0 Å². The predicted molar refractivity (Wildman–Crippen MR) is 165 cm³/mol. The summed E-state index contributed by atoms with van der Waals surface area (Å²) in [5.41, 5.74) is -1.05. The van der Waals surface area contributed by atoms with Crippen molar-refractivity contribution in [1.82, 2.24) is 0 Å². The van der Waals surface area contributed by atoms with E-state index in [0.29, 0.717) is 25.9 Å². The number of hydrogen-bond donors (Lipinski definition) is 3. The first-order valence-electron chi connectivity index (χ1n) is 16.9. The first-order valence-corrected chi connectivity index (χ1v) is 16.9. The molecule has 1 unspecified atom stereocenters. The van der Waals surface area contributed by atoms with Gasteiger partial charge in [0, 0.05) is 16.7 Å². The van der Waals surface area contributed by atoms with E-state index in [0.717, 1.165) is 37.7 Å². The van der Waals surface area contributed by atoms with E-state index in [2.05, 4.69) is 32.4 Å². The Morgan fingerprint density at radius 3 is 2.43 bits per heavy atom. The molecular weight excluding hydrogens is 564 g/mol. The van der Waals surface area contributed by atoms with E-state index < -0.39 is 42.3 Å². The van der Waals surface area contributed by atoms with Crippen LogP contribution in [-0.2, 0) is 23.8 Å². The fourth-order valence-corrected chi connectivity index (χ4v) is 9.34. The summed E-state index contributed by atoms with van der Waals surface area (Å²) >= 11 is 0. The Kier molecular flexibility index (Phi) is 11.5. The Morgan fingerprint density at radius 1 is 1.07 bits per heavy atom. The summed E-state index contributed by atoms with van der Waals surface area (Å²) in [5, 5.41) is 29.6. The molecule has 44 heavy (non-hydrogen) atoms. The molecule has 0 aromatic rings. The summed E-state index contributed by atoms with van der Waals surface area (Å²) in [7, 11) is 0. The Labute approximate surface area is 262 Å². The van der Waals surface area contributed by atoms with Crippen molar-refractivity contribution >= 4 is 17.7 Å². The molecule has 0 radical (unpaired) electrons. The minimum absolute atomic E-state index is 0.0125. The molecule has 5 rings (SSSR count). The van der Waals surface area contributed by atoms with Gasteiger partial charge in [-0.25, -0.2) is 4.79 Å². The fourth-order valence-electron chi connectivity index (χ4n) is 9.34. The third-order valence-corrected chi connectivity index (χ3v) is 11.3. The van der Waals surface area contributed by atoms with E-state index in [4.69, 9.17) is 14.6 Å². The molecule has 3 N–H and O–H groups in total. The van der Waals surface area contributed by atoms with E-state index in [1.165, 1.54) is 32.1 Å². The molecule has 4 fully saturated rings. The van der Waals surface area contributed by atoms with Crippen LogP contribution in [-0.4, -0.2) is 70.4 Å². The average molecular weight is 619 g/mol. The molecule has 1 saturated heterocycles. The molecule has 9 nitrogen and oxygen atoms in total. The molecule has 0 amide bonds. The maximum Gasteiger partial charge on any atom is 0.505 e. The average Bonchev–Trinajstić information content (AvgIpc) is 3.46. The molecular formula is C35H54O9. The van der Waals surface area contributed by atoms with Crippen molar-refractivity contribution in [3.63, 3.8) is 0 Å². The zero-order valence-electron chi connectivity index (χ0n) is 27.1. The zero-order valence-corrected chi connectivity index (χ0v) is 27.1. The topological polar surface area (TPSA) is 140 Å². The van der Waals surface area contributed by atoms with Crippen LogP contribution in [0, 0.1) is 28.6 Å². The number of carbonyl (C=O) groups excluding carboxylic acids is 2. The molecule has 248 valence electrons. The number of ketones is 2. The van der Waals surface area contributed by atoms with Gasteiger partial charge in [-0.1, -0.05) is 84.3 Å². The summed E-state index contributed by atoms with van der Waals surface area (Å²) in [5.74, 6) is 0.0274. The van der Waals surface area contributed by atoms with Crippen LogP contribution in [0.4, 0.5) is 4.79 Å². The number of hydrogen-bond acceptors (Lipinski definition) is 8. The molecule has 5 aliphatic rings. The molecule has 9 heteroatoms. The lowest BCUT2D eigenvalue weighted by Crippen LogP contribution is -2.63. The van der Waals surface area contributed by atoms with Gasteiger partial charge < -0.3 is 29.5 Å². The maximum atomic E-state index is 13.2. The summed E-state index contributed by atoms with van der Waals surface area (Å²) in [6, 6.07) is 0. The predicted octanol–water partition coefficient (Wildman–Crippen LogP) is 6.15. The molecule has 1 aliphatic heterocycles. The van der Waals surface area contributed by atoms with Crippen LogP contribution in [0.2, 0.25) is 0 Å². The first-order chi connectivity index (χ1) is 21.0. The van der Waals surface area contributed by atoms with Crippen LogP contribution < -0.4 is 0 Å². The lowest BCUT2D eigenvalue weighted by molar-refractivity contribution is -0.200. The van der Waals surface area contributed by atoms with Crippen LogP contribution >= 0.6 is 0 Å². The largest absolute Gasteiger partial charge is 0.505 e. The quantitative estimate of drug-likeness (QED) is 0.174. The summed E-state index contributed by atoms with van der Waals surface area (Å²) in [6.07, 6.45) is 15.4. The van der Waals surface area contributed by atoms with Crippen molar-refractivity contribution < 1.29 is 43.9 Å². The molecule has 9 atom stereocenters.